The summed E-state index contributed by atoms with van der Waals surface area (Å²) in [6.07, 6.45) is 1.88. The Labute approximate surface area is 176 Å². The first-order valence-electron chi connectivity index (χ1n) is 10.6. The number of aliphatic hydroxyl groups excluding tert-OH is 1. The molecule has 0 aliphatic carbocycles. The minimum absolute atomic E-state index is 0.0998. The standard InChI is InChI=1S/C24H28O6/c25-19-13-15-28-22(16-19)29-20-11-9-18(10-12-20)24(30-21-8-4-5-14-27-21)23(26)17-6-2-1-3-7-17/h1-3,6-7,9-12,19,21-22,24-25H,4-5,8,13-16H2. The Kier molecular flexibility index (Phi) is 7.12. The third-order valence-electron chi connectivity index (χ3n) is 5.39. The number of benzene rings is 2. The van der Waals surface area contributed by atoms with Crippen molar-refractivity contribution in [2.45, 2.75) is 56.9 Å². The van der Waals surface area contributed by atoms with Crippen molar-refractivity contribution in [3.8, 4) is 5.75 Å². The van der Waals surface area contributed by atoms with E-state index in [0.29, 0.717) is 37.4 Å². The second-order valence-electron chi connectivity index (χ2n) is 7.71. The zero-order chi connectivity index (χ0) is 20.8. The largest absolute Gasteiger partial charge is 0.465 e. The Hall–Kier alpha value is -2.25. The number of rotatable bonds is 7. The van der Waals surface area contributed by atoms with Crippen LogP contribution in [0.3, 0.4) is 0 Å². The minimum atomic E-state index is -0.752. The lowest BCUT2D eigenvalue weighted by atomic mass is 9.99. The number of hydrogen-bond donors (Lipinski definition) is 1. The van der Waals surface area contributed by atoms with Gasteiger partial charge in [-0.1, -0.05) is 42.5 Å². The summed E-state index contributed by atoms with van der Waals surface area (Å²) in [4.78, 5) is 13.2. The normalized spacial score (nSPS) is 25.4. The number of aliphatic hydroxyl groups is 1. The Balaban J connectivity index is 1.49. The number of carbonyl (C=O) groups excluding carboxylic acids is 1. The van der Waals surface area contributed by atoms with Crippen molar-refractivity contribution in [1.82, 2.24) is 0 Å². The molecule has 0 saturated carbocycles. The van der Waals surface area contributed by atoms with E-state index >= 15 is 0 Å². The van der Waals surface area contributed by atoms with Crippen molar-refractivity contribution >= 4 is 5.78 Å². The van der Waals surface area contributed by atoms with E-state index in [1.807, 2.05) is 30.3 Å². The Bertz CT molecular complexity index is 800. The average molecular weight is 412 g/mol. The monoisotopic (exact) mass is 412 g/mol. The van der Waals surface area contributed by atoms with E-state index in [1.165, 1.54) is 0 Å². The molecule has 30 heavy (non-hydrogen) atoms. The summed E-state index contributed by atoms with van der Waals surface area (Å²) in [5, 5.41) is 9.77. The second-order valence-corrected chi connectivity index (χ2v) is 7.71. The van der Waals surface area contributed by atoms with Crippen molar-refractivity contribution in [2.24, 2.45) is 0 Å². The average Bonchev–Trinajstić information content (AvgIpc) is 2.79. The SMILES string of the molecule is O=C(c1ccccc1)C(OC1CCCCO1)c1ccc(OC2CC(O)CCO2)cc1. The third-order valence-corrected chi connectivity index (χ3v) is 5.39. The summed E-state index contributed by atoms with van der Waals surface area (Å²) < 4.78 is 23.2. The van der Waals surface area contributed by atoms with Crippen LogP contribution in [-0.2, 0) is 14.2 Å². The summed E-state index contributed by atoms with van der Waals surface area (Å²) in [6, 6.07) is 16.4. The molecule has 160 valence electrons. The van der Waals surface area contributed by atoms with E-state index < -0.39 is 18.5 Å². The van der Waals surface area contributed by atoms with Crippen LogP contribution in [0.1, 0.15) is 54.1 Å². The molecule has 0 radical (unpaired) electrons. The fourth-order valence-corrected chi connectivity index (χ4v) is 3.71. The molecule has 1 N–H and O–H groups in total. The summed E-state index contributed by atoms with van der Waals surface area (Å²) in [5.41, 5.74) is 1.35. The highest BCUT2D eigenvalue weighted by molar-refractivity contribution is 6.00. The lowest BCUT2D eigenvalue weighted by Crippen LogP contribution is -2.32. The van der Waals surface area contributed by atoms with Gasteiger partial charge < -0.3 is 24.1 Å². The maximum absolute atomic E-state index is 13.2. The lowest BCUT2D eigenvalue weighted by molar-refractivity contribution is -0.179. The fourth-order valence-electron chi connectivity index (χ4n) is 3.71. The summed E-state index contributed by atoms with van der Waals surface area (Å²) in [6.45, 7) is 1.13. The van der Waals surface area contributed by atoms with Crippen molar-refractivity contribution in [3.63, 3.8) is 0 Å². The molecule has 0 spiro atoms. The Morgan fingerprint density at radius 3 is 2.40 bits per heavy atom. The highest BCUT2D eigenvalue weighted by atomic mass is 16.7. The van der Waals surface area contributed by atoms with Crippen LogP contribution in [-0.4, -0.2) is 42.8 Å². The topological polar surface area (TPSA) is 74.2 Å². The molecule has 4 atom stereocenters. The summed E-state index contributed by atoms with van der Waals surface area (Å²) in [5.74, 6) is 0.523. The van der Waals surface area contributed by atoms with Crippen molar-refractivity contribution in [2.75, 3.05) is 13.2 Å². The number of ether oxygens (including phenoxy) is 4. The van der Waals surface area contributed by atoms with Crippen LogP contribution in [0, 0.1) is 0 Å². The molecule has 2 heterocycles. The van der Waals surface area contributed by atoms with Crippen molar-refractivity contribution in [1.29, 1.82) is 0 Å². The van der Waals surface area contributed by atoms with Crippen molar-refractivity contribution in [3.05, 3.63) is 65.7 Å². The van der Waals surface area contributed by atoms with Crippen molar-refractivity contribution < 1.29 is 28.8 Å². The lowest BCUT2D eigenvalue weighted by Gasteiger charge is -2.28. The minimum Gasteiger partial charge on any atom is -0.465 e. The molecule has 6 nitrogen and oxygen atoms in total. The summed E-state index contributed by atoms with van der Waals surface area (Å²) in [7, 11) is 0. The van der Waals surface area contributed by atoms with Gasteiger partial charge in [0, 0.05) is 18.6 Å². The van der Waals surface area contributed by atoms with Gasteiger partial charge in [0.25, 0.3) is 0 Å². The molecule has 2 aromatic rings. The van der Waals surface area contributed by atoms with E-state index in [9.17, 15) is 9.90 Å². The Morgan fingerprint density at radius 2 is 1.70 bits per heavy atom. The molecule has 2 aliphatic heterocycles. The van der Waals surface area contributed by atoms with Gasteiger partial charge in [-0.05, 0) is 43.4 Å². The first kappa shape index (κ1) is 21.0. The fraction of sp³-hybridized carbons (Fsp3) is 0.458. The quantitative estimate of drug-likeness (QED) is 0.692. The van der Waals surface area contributed by atoms with E-state index in [2.05, 4.69) is 0 Å². The predicted octanol–water partition coefficient (Wildman–Crippen LogP) is 4.03. The predicted molar refractivity (Wildman–Crippen MR) is 110 cm³/mol. The molecule has 6 heteroatoms. The molecule has 2 aliphatic rings. The van der Waals surface area contributed by atoms with Gasteiger partial charge in [0.1, 0.15) is 11.9 Å². The Morgan fingerprint density at radius 1 is 0.933 bits per heavy atom. The van der Waals surface area contributed by atoms with Crippen LogP contribution in [0.5, 0.6) is 5.75 Å². The molecule has 0 bridgehead atoms. The second kappa shape index (κ2) is 10.2. The molecule has 0 aromatic heterocycles. The van der Waals surface area contributed by atoms with Gasteiger partial charge >= 0.3 is 0 Å². The smallest absolute Gasteiger partial charge is 0.202 e. The van der Waals surface area contributed by atoms with Gasteiger partial charge in [-0.25, -0.2) is 0 Å². The number of ketones is 1. The van der Waals surface area contributed by atoms with Gasteiger partial charge in [-0.2, -0.15) is 0 Å². The van der Waals surface area contributed by atoms with Crippen LogP contribution in [0.15, 0.2) is 54.6 Å². The van der Waals surface area contributed by atoms with Crippen LogP contribution in [0.2, 0.25) is 0 Å². The highest BCUT2D eigenvalue weighted by Crippen LogP contribution is 2.29. The van der Waals surface area contributed by atoms with Gasteiger partial charge in [-0.3, -0.25) is 4.79 Å². The van der Waals surface area contributed by atoms with Crippen LogP contribution < -0.4 is 4.74 Å². The first-order valence-corrected chi connectivity index (χ1v) is 10.6. The maximum atomic E-state index is 13.2. The zero-order valence-corrected chi connectivity index (χ0v) is 16.9. The molecule has 2 saturated heterocycles. The van der Waals surface area contributed by atoms with Gasteiger partial charge in [0.05, 0.1) is 12.7 Å². The van der Waals surface area contributed by atoms with Crippen LogP contribution in [0.25, 0.3) is 0 Å². The summed E-state index contributed by atoms with van der Waals surface area (Å²) >= 11 is 0. The zero-order valence-electron chi connectivity index (χ0n) is 16.9. The highest BCUT2D eigenvalue weighted by Gasteiger charge is 2.28. The number of hydrogen-bond acceptors (Lipinski definition) is 6. The molecule has 0 amide bonds. The third kappa shape index (κ3) is 5.46. The van der Waals surface area contributed by atoms with E-state index in [4.69, 9.17) is 18.9 Å². The number of carbonyl (C=O) groups is 1. The van der Waals surface area contributed by atoms with E-state index in [-0.39, 0.29) is 12.1 Å². The molecule has 4 rings (SSSR count). The van der Waals surface area contributed by atoms with Crippen LogP contribution in [0.4, 0.5) is 0 Å². The van der Waals surface area contributed by atoms with E-state index in [0.717, 1.165) is 24.8 Å². The first-order chi connectivity index (χ1) is 14.7. The number of Topliss-reactive ketones (excluding diaryl/α,β-unsaturated/α-hetero) is 1. The molecule has 2 fully saturated rings. The maximum Gasteiger partial charge on any atom is 0.202 e. The van der Waals surface area contributed by atoms with Gasteiger partial charge in [-0.15, -0.1) is 0 Å². The molecule has 2 aromatic carbocycles. The van der Waals surface area contributed by atoms with E-state index in [1.54, 1.807) is 24.3 Å². The molecular formula is C24H28O6. The van der Waals surface area contributed by atoms with Crippen LogP contribution >= 0.6 is 0 Å². The van der Waals surface area contributed by atoms with Gasteiger partial charge in [0.2, 0.25) is 6.29 Å². The molecule has 4 unspecified atom stereocenters. The molecular weight excluding hydrogens is 384 g/mol. The van der Waals surface area contributed by atoms with Gasteiger partial charge in [0.15, 0.2) is 12.1 Å².